The van der Waals surface area contributed by atoms with E-state index in [0.29, 0.717) is 12.1 Å². The van der Waals surface area contributed by atoms with Crippen molar-refractivity contribution >= 4 is 5.91 Å². The minimum absolute atomic E-state index is 0.186. The molecule has 1 heterocycles. The number of carbonyl (C=O) groups excluding carboxylic acids is 1. The molecule has 2 rings (SSSR count). The smallest absolute Gasteiger partial charge is 0.221 e. The summed E-state index contributed by atoms with van der Waals surface area (Å²) in [4.78, 5) is 13.6. The second kappa shape index (κ2) is 6.54. The monoisotopic (exact) mass is 293 g/mol. The van der Waals surface area contributed by atoms with Gasteiger partial charge in [-0.1, -0.05) is 18.2 Å². The second-order valence-corrected chi connectivity index (χ2v) is 6.05. The first-order chi connectivity index (χ1) is 9.91. The Kier molecular flexibility index (Phi) is 4.96. The predicted molar refractivity (Wildman–Crippen MR) is 80.9 cm³/mol. The van der Waals surface area contributed by atoms with Crippen molar-refractivity contribution in [3.05, 3.63) is 35.6 Å². The van der Waals surface area contributed by atoms with Gasteiger partial charge in [-0.25, -0.2) is 4.39 Å². The van der Waals surface area contributed by atoms with Crippen molar-refractivity contribution in [1.29, 1.82) is 0 Å². The van der Waals surface area contributed by atoms with Crippen LogP contribution in [0.2, 0.25) is 0 Å². The van der Waals surface area contributed by atoms with Crippen LogP contribution in [0.25, 0.3) is 0 Å². The molecular weight excluding hydrogens is 269 g/mol. The summed E-state index contributed by atoms with van der Waals surface area (Å²) in [6.45, 7) is 4.50. The quantitative estimate of drug-likeness (QED) is 0.889. The Morgan fingerprint density at radius 3 is 2.62 bits per heavy atom. The molecule has 4 N–H and O–H groups in total. The molecule has 4 unspecified atom stereocenters. The lowest BCUT2D eigenvalue weighted by molar-refractivity contribution is -0.124. The first-order valence-electron chi connectivity index (χ1n) is 7.47. The average Bonchev–Trinajstić information content (AvgIpc) is 2.42. The van der Waals surface area contributed by atoms with E-state index in [9.17, 15) is 9.18 Å². The zero-order valence-electron chi connectivity index (χ0n) is 12.6. The van der Waals surface area contributed by atoms with Crippen LogP contribution in [0.15, 0.2) is 24.3 Å². The van der Waals surface area contributed by atoms with Gasteiger partial charge in [0.2, 0.25) is 5.91 Å². The average molecular weight is 293 g/mol. The molecule has 0 aliphatic carbocycles. The number of nitrogens with two attached hydrogens (primary N) is 2. The van der Waals surface area contributed by atoms with Gasteiger partial charge in [0.25, 0.3) is 0 Å². The van der Waals surface area contributed by atoms with Crippen LogP contribution in [-0.2, 0) is 4.79 Å². The van der Waals surface area contributed by atoms with Gasteiger partial charge in [-0.2, -0.15) is 0 Å². The summed E-state index contributed by atoms with van der Waals surface area (Å²) < 4.78 is 14.2. The Morgan fingerprint density at radius 2 is 2.05 bits per heavy atom. The number of hydrogen-bond donors (Lipinski definition) is 2. The van der Waals surface area contributed by atoms with Crippen LogP contribution < -0.4 is 11.5 Å². The lowest BCUT2D eigenvalue weighted by Crippen LogP contribution is -2.51. The van der Waals surface area contributed by atoms with Crippen molar-refractivity contribution in [3.8, 4) is 0 Å². The fourth-order valence-electron chi connectivity index (χ4n) is 3.23. The molecule has 21 heavy (non-hydrogen) atoms. The van der Waals surface area contributed by atoms with Crippen molar-refractivity contribution in [2.45, 2.75) is 44.8 Å². The minimum atomic E-state index is -0.288. The van der Waals surface area contributed by atoms with Crippen molar-refractivity contribution in [3.63, 3.8) is 0 Å². The van der Waals surface area contributed by atoms with E-state index >= 15 is 0 Å². The first kappa shape index (κ1) is 15.9. The highest BCUT2D eigenvalue weighted by molar-refractivity contribution is 5.77. The maximum absolute atomic E-state index is 14.2. The van der Waals surface area contributed by atoms with Crippen LogP contribution in [0, 0.1) is 11.7 Å². The molecule has 5 heteroatoms. The van der Waals surface area contributed by atoms with Gasteiger partial charge in [0.1, 0.15) is 5.82 Å². The van der Waals surface area contributed by atoms with Crippen molar-refractivity contribution in [1.82, 2.24) is 4.90 Å². The molecule has 1 aromatic rings. The van der Waals surface area contributed by atoms with E-state index in [1.807, 2.05) is 13.0 Å². The molecule has 1 aliphatic heterocycles. The number of nitrogens with zero attached hydrogens (tertiary/aromatic N) is 1. The Labute approximate surface area is 125 Å². The van der Waals surface area contributed by atoms with Crippen molar-refractivity contribution in [2.75, 3.05) is 6.54 Å². The van der Waals surface area contributed by atoms with Crippen molar-refractivity contribution < 1.29 is 9.18 Å². The molecule has 0 bridgehead atoms. The highest BCUT2D eigenvalue weighted by atomic mass is 19.1. The van der Waals surface area contributed by atoms with Gasteiger partial charge in [-0.3, -0.25) is 9.69 Å². The molecule has 1 aromatic carbocycles. The summed E-state index contributed by atoms with van der Waals surface area (Å²) in [7, 11) is 0. The van der Waals surface area contributed by atoms with Crippen LogP contribution in [-0.4, -0.2) is 29.4 Å². The summed E-state index contributed by atoms with van der Waals surface area (Å²) in [6, 6.07) is 6.46. The summed E-state index contributed by atoms with van der Waals surface area (Å²) in [6.07, 6.45) is 1.65. The van der Waals surface area contributed by atoms with Crippen LogP contribution >= 0.6 is 0 Å². The molecule has 116 valence electrons. The van der Waals surface area contributed by atoms with E-state index in [1.165, 1.54) is 6.07 Å². The number of rotatable bonds is 4. The summed E-state index contributed by atoms with van der Waals surface area (Å²) in [5.74, 6) is -0.730. The highest BCUT2D eigenvalue weighted by Gasteiger charge is 2.36. The number of carbonyl (C=O) groups is 1. The summed E-state index contributed by atoms with van der Waals surface area (Å²) in [5, 5.41) is 0. The van der Waals surface area contributed by atoms with Gasteiger partial charge in [0, 0.05) is 24.2 Å². The molecule has 1 saturated heterocycles. The second-order valence-electron chi connectivity index (χ2n) is 6.05. The Bertz CT molecular complexity index is 506. The van der Waals surface area contributed by atoms with Crippen LogP contribution in [0.3, 0.4) is 0 Å². The molecule has 1 amide bonds. The van der Waals surface area contributed by atoms with Crippen LogP contribution in [0.4, 0.5) is 4.39 Å². The molecule has 4 nitrogen and oxygen atoms in total. The van der Waals surface area contributed by atoms with E-state index in [0.717, 1.165) is 12.8 Å². The molecule has 0 spiro atoms. The first-order valence-corrected chi connectivity index (χ1v) is 7.47. The van der Waals surface area contributed by atoms with Crippen LogP contribution in [0.1, 0.15) is 38.3 Å². The minimum Gasteiger partial charge on any atom is -0.369 e. The zero-order valence-corrected chi connectivity index (χ0v) is 12.6. The fourth-order valence-corrected chi connectivity index (χ4v) is 3.23. The van der Waals surface area contributed by atoms with E-state index in [2.05, 4.69) is 11.8 Å². The predicted octanol–water partition coefficient (Wildman–Crippen LogP) is 1.80. The molecule has 0 radical (unpaired) electrons. The Hall–Kier alpha value is -1.46. The van der Waals surface area contributed by atoms with E-state index in [1.54, 1.807) is 12.1 Å². The molecular formula is C16H24FN3O. The number of piperidine rings is 1. The maximum atomic E-state index is 14.2. The Balaban J connectivity index is 2.33. The Morgan fingerprint density at radius 1 is 1.38 bits per heavy atom. The third-order valence-electron chi connectivity index (χ3n) is 4.41. The molecule has 0 aromatic heterocycles. The summed E-state index contributed by atoms with van der Waals surface area (Å²) in [5.41, 5.74) is 12.2. The third-order valence-corrected chi connectivity index (χ3v) is 4.41. The van der Waals surface area contributed by atoms with Crippen molar-refractivity contribution in [2.24, 2.45) is 17.4 Å². The molecule has 1 fully saturated rings. The number of benzene rings is 1. The topological polar surface area (TPSA) is 72.3 Å². The SMILES string of the molecule is CC(N)C(c1ccccc1F)N1CC(C(N)=O)CCC1C. The lowest BCUT2D eigenvalue weighted by Gasteiger charge is -2.43. The maximum Gasteiger partial charge on any atom is 0.221 e. The van der Waals surface area contributed by atoms with Gasteiger partial charge < -0.3 is 11.5 Å². The third kappa shape index (κ3) is 3.41. The number of amides is 1. The zero-order chi connectivity index (χ0) is 15.6. The van der Waals surface area contributed by atoms with E-state index < -0.39 is 0 Å². The largest absolute Gasteiger partial charge is 0.369 e. The van der Waals surface area contributed by atoms with Gasteiger partial charge in [0.15, 0.2) is 0 Å². The lowest BCUT2D eigenvalue weighted by atomic mass is 9.88. The fraction of sp³-hybridized carbons (Fsp3) is 0.562. The normalized spacial score (nSPS) is 26.3. The number of primary amides is 1. The molecule has 4 atom stereocenters. The number of likely N-dealkylation sites (tertiary alicyclic amines) is 1. The van der Waals surface area contributed by atoms with Crippen LogP contribution in [0.5, 0.6) is 0 Å². The molecule has 0 saturated carbocycles. The van der Waals surface area contributed by atoms with Gasteiger partial charge >= 0.3 is 0 Å². The standard InChI is InChI=1S/C16H24FN3O/c1-10-7-8-12(16(19)21)9-20(10)15(11(2)18)13-5-3-4-6-14(13)17/h3-6,10-12,15H,7-9,18H2,1-2H3,(H2,19,21). The van der Waals surface area contributed by atoms with Gasteiger partial charge in [0.05, 0.1) is 12.0 Å². The molecule has 1 aliphatic rings. The summed E-state index contributed by atoms with van der Waals surface area (Å²) >= 11 is 0. The highest BCUT2D eigenvalue weighted by Crippen LogP contribution is 2.33. The number of halogens is 1. The van der Waals surface area contributed by atoms with Gasteiger partial charge in [-0.15, -0.1) is 0 Å². The number of hydrogen-bond acceptors (Lipinski definition) is 3. The van der Waals surface area contributed by atoms with E-state index in [4.69, 9.17) is 11.5 Å². The van der Waals surface area contributed by atoms with Gasteiger partial charge in [-0.05, 0) is 32.8 Å². The van der Waals surface area contributed by atoms with E-state index in [-0.39, 0.29) is 35.8 Å².